The van der Waals surface area contributed by atoms with E-state index in [9.17, 15) is 4.79 Å². The molecule has 0 spiro atoms. The summed E-state index contributed by atoms with van der Waals surface area (Å²) in [6, 6.07) is 16.3. The van der Waals surface area contributed by atoms with Crippen LogP contribution in [0.4, 0.5) is 0 Å². The third-order valence-corrected chi connectivity index (χ3v) is 5.47. The number of hydrogen-bond donors (Lipinski definition) is 1. The van der Waals surface area contributed by atoms with Gasteiger partial charge in [-0.25, -0.2) is 4.98 Å². The minimum absolute atomic E-state index is 0.231. The van der Waals surface area contributed by atoms with Crippen molar-refractivity contribution in [1.82, 2.24) is 14.9 Å². The molecule has 0 fully saturated rings. The molecule has 1 N–H and O–H groups in total. The maximum absolute atomic E-state index is 12.6. The molecule has 2 aromatic carbocycles. The minimum Gasteiger partial charge on any atom is -0.449 e. The summed E-state index contributed by atoms with van der Waals surface area (Å²) >= 11 is 0. The van der Waals surface area contributed by atoms with Crippen molar-refractivity contribution >= 4 is 22.1 Å². The van der Waals surface area contributed by atoms with Crippen molar-refractivity contribution in [2.75, 3.05) is 6.54 Å². The van der Waals surface area contributed by atoms with Crippen LogP contribution in [0.5, 0.6) is 0 Å². The average Bonchev–Trinajstić information content (AvgIpc) is 3.30. The number of nitrogens with zero attached hydrogens (tertiary/aromatic N) is 2. The van der Waals surface area contributed by atoms with Gasteiger partial charge < -0.3 is 9.40 Å². The normalized spacial score (nSPS) is 15.9. The molecule has 0 saturated carbocycles. The van der Waals surface area contributed by atoms with Gasteiger partial charge in [-0.3, -0.25) is 9.69 Å². The van der Waals surface area contributed by atoms with Crippen LogP contribution in [0.1, 0.15) is 29.4 Å². The van der Waals surface area contributed by atoms with Crippen molar-refractivity contribution in [3.05, 3.63) is 75.8 Å². The Morgan fingerprint density at radius 1 is 1.21 bits per heavy atom. The molecule has 0 radical (unpaired) electrons. The Balaban J connectivity index is 1.55. The van der Waals surface area contributed by atoms with E-state index in [4.69, 9.17) is 15.8 Å². The standard InChI is InChI=1S/C23H19N3O2/c1-2-13-26(18-12-11-15-7-3-4-8-16(15)18)14-20-24-21-17-9-5-6-10-19(17)28-22(21)23(27)25-20/h1,3-10,18H,11-14H2,(H,24,25,27)/t18-/m1/s1. The van der Waals surface area contributed by atoms with E-state index >= 15 is 0 Å². The molecule has 0 unspecified atom stereocenters. The molecule has 2 aromatic heterocycles. The highest BCUT2D eigenvalue weighted by atomic mass is 16.3. The first-order valence-corrected chi connectivity index (χ1v) is 9.40. The average molecular weight is 369 g/mol. The molecular weight excluding hydrogens is 350 g/mol. The molecule has 2 heterocycles. The minimum atomic E-state index is -0.260. The SMILES string of the molecule is C#CCN(Cc1nc2c(oc3ccccc32)c(=O)[nH]1)[C@@H]1CCc2ccccc21. The van der Waals surface area contributed by atoms with Crippen molar-refractivity contribution in [2.45, 2.75) is 25.4 Å². The first-order valence-electron chi connectivity index (χ1n) is 9.40. The molecule has 0 saturated heterocycles. The zero-order valence-electron chi connectivity index (χ0n) is 15.3. The summed E-state index contributed by atoms with van der Waals surface area (Å²) in [6.07, 6.45) is 7.70. The molecule has 1 atom stereocenters. The fourth-order valence-corrected chi connectivity index (χ4v) is 4.22. The lowest BCUT2D eigenvalue weighted by molar-refractivity contribution is 0.208. The van der Waals surface area contributed by atoms with Gasteiger partial charge in [0.15, 0.2) is 0 Å². The first-order chi connectivity index (χ1) is 13.7. The van der Waals surface area contributed by atoms with E-state index in [-0.39, 0.29) is 17.2 Å². The zero-order valence-corrected chi connectivity index (χ0v) is 15.3. The summed E-state index contributed by atoms with van der Waals surface area (Å²) < 4.78 is 5.68. The zero-order chi connectivity index (χ0) is 19.1. The summed E-state index contributed by atoms with van der Waals surface area (Å²) in [5.74, 6) is 3.36. The Labute approximate surface area is 162 Å². The Morgan fingerprint density at radius 2 is 2.04 bits per heavy atom. The van der Waals surface area contributed by atoms with Crippen LogP contribution in [0.3, 0.4) is 0 Å². The number of hydrogen-bond acceptors (Lipinski definition) is 4. The van der Waals surface area contributed by atoms with Gasteiger partial charge in [0, 0.05) is 11.4 Å². The van der Waals surface area contributed by atoms with Crippen LogP contribution in [-0.2, 0) is 13.0 Å². The number of aryl methyl sites for hydroxylation is 1. The molecule has 0 bridgehead atoms. The van der Waals surface area contributed by atoms with E-state index in [1.807, 2.05) is 24.3 Å². The number of furan rings is 1. The highest BCUT2D eigenvalue weighted by Gasteiger charge is 2.28. The maximum atomic E-state index is 12.6. The van der Waals surface area contributed by atoms with E-state index in [2.05, 4.69) is 40.1 Å². The Bertz CT molecular complexity index is 1280. The van der Waals surface area contributed by atoms with Gasteiger partial charge in [-0.15, -0.1) is 6.42 Å². The lowest BCUT2D eigenvalue weighted by Gasteiger charge is -2.27. The summed E-state index contributed by atoms with van der Waals surface area (Å²) in [5, 5.41) is 0.847. The Morgan fingerprint density at radius 3 is 2.93 bits per heavy atom. The molecule has 0 amide bonds. The molecule has 0 aliphatic heterocycles. The monoisotopic (exact) mass is 369 g/mol. The van der Waals surface area contributed by atoms with Crippen LogP contribution < -0.4 is 5.56 Å². The molecule has 5 nitrogen and oxygen atoms in total. The molecule has 5 rings (SSSR count). The van der Waals surface area contributed by atoms with Gasteiger partial charge in [0.25, 0.3) is 5.56 Å². The van der Waals surface area contributed by atoms with Crippen LogP contribution >= 0.6 is 0 Å². The number of aromatic amines is 1. The first kappa shape index (κ1) is 16.8. The quantitative estimate of drug-likeness (QED) is 0.556. The summed E-state index contributed by atoms with van der Waals surface area (Å²) in [6.45, 7) is 0.973. The summed E-state index contributed by atoms with van der Waals surface area (Å²) in [4.78, 5) is 22.4. The molecule has 4 aromatic rings. The maximum Gasteiger partial charge on any atom is 0.294 e. The van der Waals surface area contributed by atoms with Crippen LogP contribution in [0.2, 0.25) is 0 Å². The van der Waals surface area contributed by atoms with E-state index in [0.717, 1.165) is 18.2 Å². The van der Waals surface area contributed by atoms with Crippen molar-refractivity contribution in [2.24, 2.45) is 0 Å². The number of H-pyrrole nitrogens is 1. The third kappa shape index (κ3) is 2.70. The van der Waals surface area contributed by atoms with Gasteiger partial charge in [0.05, 0.1) is 13.1 Å². The van der Waals surface area contributed by atoms with Gasteiger partial charge in [-0.1, -0.05) is 42.3 Å². The topological polar surface area (TPSA) is 62.1 Å². The molecule has 5 heteroatoms. The second-order valence-electron chi connectivity index (χ2n) is 7.15. The third-order valence-electron chi connectivity index (χ3n) is 5.47. The predicted octanol–water partition coefficient (Wildman–Crippen LogP) is 3.79. The highest BCUT2D eigenvalue weighted by molar-refractivity contribution is 6.01. The fraction of sp³-hybridized carbons (Fsp3) is 0.217. The van der Waals surface area contributed by atoms with Crippen LogP contribution in [0, 0.1) is 12.3 Å². The Hall–Kier alpha value is -3.36. The van der Waals surface area contributed by atoms with Gasteiger partial charge in [-0.2, -0.15) is 0 Å². The van der Waals surface area contributed by atoms with Crippen molar-refractivity contribution < 1.29 is 4.42 Å². The van der Waals surface area contributed by atoms with Crippen LogP contribution in [0.15, 0.2) is 57.7 Å². The van der Waals surface area contributed by atoms with E-state index < -0.39 is 0 Å². The van der Waals surface area contributed by atoms with Gasteiger partial charge in [-0.05, 0) is 36.1 Å². The second-order valence-corrected chi connectivity index (χ2v) is 7.15. The Kier molecular flexibility index (Phi) is 4.00. The molecule has 138 valence electrons. The van der Waals surface area contributed by atoms with Gasteiger partial charge in [0.1, 0.15) is 16.9 Å². The van der Waals surface area contributed by atoms with Gasteiger partial charge >= 0.3 is 0 Å². The lowest BCUT2D eigenvalue weighted by atomic mass is 10.1. The number of benzene rings is 2. The fourth-order valence-electron chi connectivity index (χ4n) is 4.22. The number of nitrogens with one attached hydrogen (secondary N) is 1. The van der Waals surface area contributed by atoms with Crippen molar-refractivity contribution in [1.29, 1.82) is 0 Å². The van der Waals surface area contributed by atoms with E-state index in [1.165, 1.54) is 11.1 Å². The lowest BCUT2D eigenvalue weighted by Crippen LogP contribution is -2.29. The number of rotatable bonds is 4. The number of aromatic nitrogens is 2. The second kappa shape index (κ2) is 6.66. The largest absolute Gasteiger partial charge is 0.449 e. The summed E-state index contributed by atoms with van der Waals surface area (Å²) in [7, 11) is 0. The number of para-hydroxylation sites is 1. The predicted molar refractivity (Wildman–Crippen MR) is 109 cm³/mol. The number of fused-ring (bicyclic) bond motifs is 4. The van der Waals surface area contributed by atoms with Crippen molar-refractivity contribution in [3.8, 4) is 12.3 Å². The van der Waals surface area contributed by atoms with Crippen molar-refractivity contribution in [3.63, 3.8) is 0 Å². The molecule has 1 aliphatic carbocycles. The molecule has 28 heavy (non-hydrogen) atoms. The van der Waals surface area contributed by atoms with Gasteiger partial charge in [0.2, 0.25) is 5.58 Å². The molecule has 1 aliphatic rings. The van der Waals surface area contributed by atoms with Crippen LogP contribution in [-0.4, -0.2) is 21.4 Å². The van der Waals surface area contributed by atoms with E-state index in [0.29, 0.717) is 30.0 Å². The smallest absolute Gasteiger partial charge is 0.294 e. The summed E-state index contributed by atoms with van der Waals surface area (Å²) in [5.41, 5.74) is 3.95. The van der Waals surface area contributed by atoms with E-state index in [1.54, 1.807) is 0 Å². The highest BCUT2D eigenvalue weighted by Crippen LogP contribution is 2.36. The van der Waals surface area contributed by atoms with Crippen LogP contribution in [0.25, 0.3) is 22.1 Å². The molecular formula is C23H19N3O2. The number of terminal acetylenes is 1.